The quantitative estimate of drug-likeness (QED) is 0.936. The van der Waals surface area contributed by atoms with Crippen molar-refractivity contribution < 1.29 is 0 Å². The molecule has 1 aromatic carbocycles. The summed E-state index contributed by atoms with van der Waals surface area (Å²) in [6.45, 7) is 2.19. The number of nitrogens with one attached hydrogen (secondary N) is 1. The molecule has 1 aliphatic heterocycles. The maximum absolute atomic E-state index is 6.32. The van der Waals surface area contributed by atoms with Crippen molar-refractivity contribution in [2.24, 2.45) is 0 Å². The second-order valence-electron chi connectivity index (χ2n) is 4.98. The molecule has 0 radical (unpaired) electrons. The highest BCUT2D eigenvalue weighted by molar-refractivity contribution is 6.33. The lowest BCUT2D eigenvalue weighted by Crippen LogP contribution is -2.24. The van der Waals surface area contributed by atoms with Gasteiger partial charge in [-0.15, -0.1) is 0 Å². The lowest BCUT2D eigenvalue weighted by molar-refractivity contribution is 0.414. The summed E-state index contributed by atoms with van der Waals surface area (Å²) in [6.07, 6.45) is 4.82. The van der Waals surface area contributed by atoms with Crippen LogP contribution in [0.1, 0.15) is 6.42 Å². The Balaban J connectivity index is 1.91. The van der Waals surface area contributed by atoms with Gasteiger partial charge in [-0.05, 0) is 38.2 Å². The van der Waals surface area contributed by atoms with E-state index in [1.54, 1.807) is 6.20 Å². The summed E-state index contributed by atoms with van der Waals surface area (Å²) in [5.74, 6) is 0. The molecule has 0 aliphatic carbocycles. The maximum atomic E-state index is 6.32. The van der Waals surface area contributed by atoms with Gasteiger partial charge in [0.15, 0.2) is 0 Å². The largest absolute Gasteiger partial charge is 0.379 e. The minimum atomic E-state index is 0.470. The van der Waals surface area contributed by atoms with E-state index in [1.165, 1.54) is 0 Å². The monoisotopic (exact) mass is 276 g/mol. The molecule has 4 nitrogen and oxygen atoms in total. The van der Waals surface area contributed by atoms with Gasteiger partial charge in [0.1, 0.15) is 5.69 Å². The van der Waals surface area contributed by atoms with Crippen LogP contribution in [-0.2, 0) is 0 Å². The van der Waals surface area contributed by atoms with Crippen LogP contribution < -0.4 is 5.32 Å². The normalized spacial score (nSPS) is 19.8. The number of nitrogens with zero attached hydrogens (tertiary/aromatic N) is 3. The van der Waals surface area contributed by atoms with Crippen LogP contribution in [0, 0.1) is 0 Å². The van der Waals surface area contributed by atoms with Crippen molar-refractivity contribution in [3.63, 3.8) is 0 Å². The molecule has 0 bridgehead atoms. The SMILES string of the molecule is CN1CCC(Nc2cccc(Cl)c2-n2cccn2)C1. The first-order valence-corrected chi connectivity index (χ1v) is 6.85. The van der Waals surface area contributed by atoms with Crippen molar-refractivity contribution >= 4 is 17.3 Å². The van der Waals surface area contributed by atoms with E-state index in [-0.39, 0.29) is 0 Å². The standard InChI is InChI=1S/C14H17ClN4/c1-18-9-6-11(10-18)17-13-5-2-4-12(15)14(13)19-8-3-7-16-19/h2-5,7-8,11,17H,6,9-10H2,1H3. The van der Waals surface area contributed by atoms with E-state index in [2.05, 4.69) is 28.4 Å². The number of benzene rings is 1. The van der Waals surface area contributed by atoms with Gasteiger partial charge in [-0.25, -0.2) is 4.68 Å². The number of para-hydroxylation sites is 1. The number of likely N-dealkylation sites (tertiary alicyclic amines) is 1. The van der Waals surface area contributed by atoms with Gasteiger partial charge in [0, 0.05) is 25.0 Å². The van der Waals surface area contributed by atoms with E-state index < -0.39 is 0 Å². The summed E-state index contributed by atoms with van der Waals surface area (Å²) in [4.78, 5) is 2.33. The molecule has 0 spiro atoms. The zero-order chi connectivity index (χ0) is 13.2. The second kappa shape index (κ2) is 5.23. The predicted octanol–water partition coefficient (Wildman–Crippen LogP) is 2.64. The van der Waals surface area contributed by atoms with Crippen molar-refractivity contribution in [1.29, 1.82) is 0 Å². The molecule has 1 aliphatic rings. The van der Waals surface area contributed by atoms with Gasteiger partial charge in [-0.2, -0.15) is 5.10 Å². The zero-order valence-corrected chi connectivity index (χ0v) is 11.6. The topological polar surface area (TPSA) is 33.1 Å². The Bertz CT molecular complexity index is 553. The van der Waals surface area contributed by atoms with Crippen LogP contribution >= 0.6 is 11.6 Å². The molecule has 19 heavy (non-hydrogen) atoms. The third kappa shape index (κ3) is 2.60. The number of anilines is 1. The van der Waals surface area contributed by atoms with Gasteiger partial charge < -0.3 is 10.2 Å². The molecule has 1 aromatic heterocycles. The first kappa shape index (κ1) is 12.5. The fourth-order valence-electron chi connectivity index (χ4n) is 2.54. The first-order valence-electron chi connectivity index (χ1n) is 6.47. The first-order chi connectivity index (χ1) is 9.24. The van der Waals surface area contributed by atoms with Gasteiger partial charge in [-0.3, -0.25) is 0 Å². The summed E-state index contributed by atoms with van der Waals surface area (Å²) >= 11 is 6.32. The highest BCUT2D eigenvalue weighted by Gasteiger charge is 2.20. The van der Waals surface area contributed by atoms with E-state index >= 15 is 0 Å². The van der Waals surface area contributed by atoms with Crippen LogP contribution in [0.3, 0.4) is 0 Å². The van der Waals surface area contributed by atoms with Crippen molar-refractivity contribution in [2.75, 3.05) is 25.5 Å². The lowest BCUT2D eigenvalue weighted by Gasteiger charge is -2.18. The Hall–Kier alpha value is -1.52. The summed E-state index contributed by atoms with van der Waals surface area (Å²) in [7, 11) is 2.15. The molecule has 1 N–H and O–H groups in total. The molecule has 0 saturated carbocycles. The van der Waals surface area contributed by atoms with Crippen molar-refractivity contribution in [3.05, 3.63) is 41.7 Å². The minimum Gasteiger partial charge on any atom is -0.379 e. The van der Waals surface area contributed by atoms with Gasteiger partial charge in [-0.1, -0.05) is 17.7 Å². The molecule has 100 valence electrons. The van der Waals surface area contributed by atoms with Crippen LogP contribution in [0.15, 0.2) is 36.7 Å². The summed E-state index contributed by atoms with van der Waals surface area (Å²) < 4.78 is 1.81. The number of rotatable bonds is 3. The summed E-state index contributed by atoms with van der Waals surface area (Å²) in [6, 6.07) is 8.29. The van der Waals surface area contributed by atoms with E-state index in [1.807, 2.05) is 29.1 Å². The Morgan fingerprint density at radius 1 is 1.37 bits per heavy atom. The maximum Gasteiger partial charge on any atom is 0.106 e. The third-order valence-corrected chi connectivity index (χ3v) is 3.78. The highest BCUT2D eigenvalue weighted by atomic mass is 35.5. The third-order valence-electron chi connectivity index (χ3n) is 3.47. The van der Waals surface area contributed by atoms with Gasteiger partial charge >= 0.3 is 0 Å². The molecule has 0 amide bonds. The Labute approximate surface area is 118 Å². The smallest absolute Gasteiger partial charge is 0.106 e. The Morgan fingerprint density at radius 3 is 2.95 bits per heavy atom. The lowest BCUT2D eigenvalue weighted by atomic mass is 10.2. The molecule has 3 rings (SSSR count). The predicted molar refractivity (Wildman–Crippen MR) is 78.1 cm³/mol. The van der Waals surface area contributed by atoms with Gasteiger partial charge in [0.05, 0.1) is 10.7 Å². The Morgan fingerprint density at radius 2 is 2.26 bits per heavy atom. The van der Waals surface area contributed by atoms with Crippen LogP contribution in [0.4, 0.5) is 5.69 Å². The zero-order valence-electron chi connectivity index (χ0n) is 10.9. The second-order valence-corrected chi connectivity index (χ2v) is 5.39. The molecule has 1 saturated heterocycles. The van der Waals surface area contributed by atoms with Gasteiger partial charge in [0.2, 0.25) is 0 Å². The van der Waals surface area contributed by atoms with Crippen LogP contribution in [0.2, 0.25) is 5.02 Å². The number of hydrogen-bond donors (Lipinski definition) is 1. The number of hydrogen-bond acceptors (Lipinski definition) is 3. The van der Waals surface area contributed by atoms with Crippen LogP contribution in [-0.4, -0.2) is 40.9 Å². The fourth-order valence-corrected chi connectivity index (χ4v) is 2.80. The van der Waals surface area contributed by atoms with Gasteiger partial charge in [0.25, 0.3) is 0 Å². The van der Waals surface area contributed by atoms with E-state index in [4.69, 9.17) is 11.6 Å². The minimum absolute atomic E-state index is 0.470. The molecule has 1 fully saturated rings. The van der Waals surface area contributed by atoms with E-state index in [9.17, 15) is 0 Å². The fraction of sp³-hybridized carbons (Fsp3) is 0.357. The van der Waals surface area contributed by atoms with Crippen molar-refractivity contribution in [3.8, 4) is 5.69 Å². The molecule has 5 heteroatoms. The molecule has 1 unspecified atom stereocenters. The van der Waals surface area contributed by atoms with Crippen LogP contribution in [0.5, 0.6) is 0 Å². The summed E-state index contributed by atoms with van der Waals surface area (Å²) in [5, 5.41) is 8.57. The number of halogens is 1. The Kier molecular flexibility index (Phi) is 3.44. The average molecular weight is 277 g/mol. The summed E-state index contributed by atoms with van der Waals surface area (Å²) in [5.41, 5.74) is 1.96. The van der Waals surface area contributed by atoms with E-state index in [0.717, 1.165) is 30.9 Å². The van der Waals surface area contributed by atoms with E-state index in [0.29, 0.717) is 11.1 Å². The molecular formula is C14H17ClN4. The number of likely N-dealkylation sites (N-methyl/N-ethyl adjacent to an activating group) is 1. The highest BCUT2D eigenvalue weighted by Crippen LogP contribution is 2.29. The van der Waals surface area contributed by atoms with Crippen molar-refractivity contribution in [1.82, 2.24) is 14.7 Å². The molecular weight excluding hydrogens is 260 g/mol. The average Bonchev–Trinajstić information content (AvgIpc) is 3.01. The van der Waals surface area contributed by atoms with Crippen LogP contribution in [0.25, 0.3) is 5.69 Å². The van der Waals surface area contributed by atoms with Crippen molar-refractivity contribution in [2.45, 2.75) is 12.5 Å². The number of aromatic nitrogens is 2. The molecule has 1 atom stereocenters. The molecule has 2 heterocycles. The molecule has 2 aromatic rings.